The van der Waals surface area contributed by atoms with Crippen LogP contribution in [0.5, 0.6) is 0 Å². The smallest absolute Gasteiger partial charge is 0.322 e. The van der Waals surface area contributed by atoms with E-state index in [0.717, 1.165) is 0 Å². The lowest BCUT2D eigenvalue weighted by molar-refractivity contribution is -0.140. The molecule has 1 aliphatic rings. The van der Waals surface area contributed by atoms with Crippen molar-refractivity contribution in [2.24, 2.45) is 0 Å². The summed E-state index contributed by atoms with van der Waals surface area (Å²) in [6.07, 6.45) is 0.580. The quantitative estimate of drug-likeness (QED) is 0.709. The van der Waals surface area contributed by atoms with E-state index in [9.17, 15) is 13.2 Å². The van der Waals surface area contributed by atoms with E-state index in [1.54, 1.807) is 0 Å². The Bertz CT molecular complexity index is 381. The fourth-order valence-electron chi connectivity index (χ4n) is 2.04. The Balaban J connectivity index is 2.56. The molecule has 0 aromatic rings. The molecule has 0 aromatic carbocycles. The Labute approximate surface area is 108 Å². The number of hydrogen-bond acceptors (Lipinski definition) is 5. The SMILES string of the molecule is CC(C)NC(CN1CCCS(=O)(=O)CC1)C(=O)O. The molecular weight excluding hydrogens is 256 g/mol. The Kier molecular flexibility index (Phi) is 5.55. The molecule has 1 rings (SSSR count). The van der Waals surface area contributed by atoms with Gasteiger partial charge in [0.25, 0.3) is 0 Å². The molecule has 2 N–H and O–H groups in total. The lowest BCUT2D eigenvalue weighted by Gasteiger charge is -2.25. The fourth-order valence-corrected chi connectivity index (χ4v) is 3.34. The number of carbonyl (C=O) groups is 1. The van der Waals surface area contributed by atoms with Gasteiger partial charge in [0.2, 0.25) is 0 Å². The molecule has 7 heteroatoms. The normalized spacial score (nSPS) is 22.6. The highest BCUT2D eigenvalue weighted by atomic mass is 32.2. The minimum absolute atomic E-state index is 0.0850. The van der Waals surface area contributed by atoms with Gasteiger partial charge in [-0.2, -0.15) is 0 Å². The third-order valence-corrected chi connectivity index (χ3v) is 4.64. The van der Waals surface area contributed by atoms with E-state index < -0.39 is 21.8 Å². The maximum atomic E-state index is 11.5. The number of hydrogen-bond donors (Lipinski definition) is 2. The van der Waals surface area contributed by atoms with Gasteiger partial charge in [0, 0.05) is 19.1 Å². The van der Waals surface area contributed by atoms with Crippen molar-refractivity contribution in [2.75, 3.05) is 31.1 Å². The molecule has 1 saturated heterocycles. The molecule has 18 heavy (non-hydrogen) atoms. The second-order valence-corrected chi connectivity index (χ2v) is 7.32. The van der Waals surface area contributed by atoms with Gasteiger partial charge in [-0.15, -0.1) is 0 Å². The molecule has 1 atom stereocenters. The Morgan fingerprint density at radius 3 is 2.56 bits per heavy atom. The van der Waals surface area contributed by atoms with Crippen molar-refractivity contribution < 1.29 is 18.3 Å². The Hall–Kier alpha value is -0.660. The molecule has 6 nitrogen and oxygen atoms in total. The van der Waals surface area contributed by atoms with Crippen LogP contribution in [0.1, 0.15) is 20.3 Å². The number of carboxylic acid groups (broad SMARTS) is 1. The minimum Gasteiger partial charge on any atom is -0.480 e. The highest BCUT2D eigenvalue weighted by Crippen LogP contribution is 2.06. The van der Waals surface area contributed by atoms with Crippen LogP contribution in [0.3, 0.4) is 0 Å². The van der Waals surface area contributed by atoms with E-state index in [2.05, 4.69) is 5.32 Å². The lowest BCUT2D eigenvalue weighted by atomic mass is 10.2. The van der Waals surface area contributed by atoms with Gasteiger partial charge in [0.05, 0.1) is 11.5 Å². The van der Waals surface area contributed by atoms with E-state index in [1.165, 1.54) is 0 Å². The van der Waals surface area contributed by atoms with Crippen LogP contribution in [-0.2, 0) is 14.6 Å². The standard InChI is InChI=1S/C11H22N2O4S/c1-9(2)12-10(11(14)15)8-13-4-3-6-18(16,17)7-5-13/h9-10,12H,3-8H2,1-2H3,(H,14,15). The van der Waals surface area contributed by atoms with Gasteiger partial charge < -0.3 is 15.3 Å². The van der Waals surface area contributed by atoms with Gasteiger partial charge in [-0.05, 0) is 13.0 Å². The predicted molar refractivity (Wildman–Crippen MR) is 69.4 cm³/mol. The van der Waals surface area contributed by atoms with Crippen LogP contribution < -0.4 is 5.32 Å². The van der Waals surface area contributed by atoms with Crippen molar-refractivity contribution in [2.45, 2.75) is 32.4 Å². The monoisotopic (exact) mass is 278 g/mol. The predicted octanol–water partition coefficient (Wildman–Crippen LogP) is -0.442. The molecule has 1 aliphatic heterocycles. The topological polar surface area (TPSA) is 86.7 Å². The van der Waals surface area contributed by atoms with Gasteiger partial charge in [-0.3, -0.25) is 4.79 Å². The lowest BCUT2D eigenvalue weighted by Crippen LogP contribution is -2.49. The van der Waals surface area contributed by atoms with Gasteiger partial charge in [-0.25, -0.2) is 8.42 Å². The number of nitrogens with one attached hydrogen (secondary N) is 1. The molecule has 0 aliphatic carbocycles. The molecule has 0 aromatic heterocycles. The molecule has 0 radical (unpaired) electrons. The van der Waals surface area contributed by atoms with Crippen molar-refractivity contribution in [1.82, 2.24) is 10.2 Å². The summed E-state index contributed by atoms with van der Waals surface area (Å²) in [4.78, 5) is 13.0. The largest absolute Gasteiger partial charge is 0.480 e. The van der Waals surface area contributed by atoms with Crippen LogP contribution in [0.15, 0.2) is 0 Å². The van der Waals surface area contributed by atoms with E-state index in [4.69, 9.17) is 5.11 Å². The molecule has 0 amide bonds. The zero-order valence-electron chi connectivity index (χ0n) is 10.9. The second-order valence-electron chi connectivity index (χ2n) is 5.02. The van der Waals surface area contributed by atoms with Gasteiger partial charge in [-0.1, -0.05) is 13.8 Å². The molecule has 1 unspecified atom stereocenters. The van der Waals surface area contributed by atoms with Crippen LogP contribution in [0, 0.1) is 0 Å². The highest BCUT2D eigenvalue weighted by molar-refractivity contribution is 7.91. The van der Waals surface area contributed by atoms with Gasteiger partial charge >= 0.3 is 5.97 Å². The Morgan fingerprint density at radius 2 is 2.00 bits per heavy atom. The van der Waals surface area contributed by atoms with Crippen molar-refractivity contribution in [3.05, 3.63) is 0 Å². The summed E-state index contributed by atoms with van der Waals surface area (Å²) in [6, 6.07) is -0.562. The van der Waals surface area contributed by atoms with E-state index >= 15 is 0 Å². The fraction of sp³-hybridized carbons (Fsp3) is 0.909. The van der Waals surface area contributed by atoms with E-state index in [-0.39, 0.29) is 17.5 Å². The number of nitrogens with zero attached hydrogens (tertiary/aromatic N) is 1. The third kappa shape index (κ3) is 5.32. The summed E-state index contributed by atoms with van der Waals surface area (Å²) < 4.78 is 22.9. The third-order valence-electron chi connectivity index (χ3n) is 2.92. The van der Waals surface area contributed by atoms with Crippen molar-refractivity contribution in [3.63, 3.8) is 0 Å². The molecule has 1 fully saturated rings. The molecular formula is C11H22N2O4S. The van der Waals surface area contributed by atoms with E-state index in [0.29, 0.717) is 26.1 Å². The molecule has 1 heterocycles. The maximum Gasteiger partial charge on any atom is 0.322 e. The number of aliphatic carboxylic acids is 1. The maximum absolute atomic E-state index is 11.5. The summed E-state index contributed by atoms with van der Waals surface area (Å²) in [6.45, 7) is 5.20. The molecule has 0 spiro atoms. The Morgan fingerprint density at radius 1 is 1.33 bits per heavy atom. The van der Waals surface area contributed by atoms with Crippen LogP contribution in [0.2, 0.25) is 0 Å². The number of sulfone groups is 1. The average Bonchev–Trinajstić information content (AvgIpc) is 2.38. The van der Waals surface area contributed by atoms with Crippen LogP contribution in [-0.4, -0.2) is 67.6 Å². The number of rotatable bonds is 5. The second kappa shape index (κ2) is 6.49. The summed E-state index contributed by atoms with van der Waals surface area (Å²) in [7, 11) is -2.94. The highest BCUT2D eigenvalue weighted by Gasteiger charge is 2.25. The van der Waals surface area contributed by atoms with Crippen molar-refractivity contribution in [3.8, 4) is 0 Å². The zero-order valence-corrected chi connectivity index (χ0v) is 11.7. The molecule has 0 saturated carbocycles. The van der Waals surface area contributed by atoms with Crippen LogP contribution >= 0.6 is 0 Å². The average molecular weight is 278 g/mol. The van der Waals surface area contributed by atoms with Crippen molar-refractivity contribution in [1.29, 1.82) is 0 Å². The first kappa shape index (κ1) is 15.4. The van der Waals surface area contributed by atoms with Gasteiger partial charge in [0.15, 0.2) is 9.84 Å². The van der Waals surface area contributed by atoms with E-state index in [1.807, 2.05) is 18.7 Å². The summed E-state index contributed by atoms with van der Waals surface area (Å²) in [5.41, 5.74) is 0. The summed E-state index contributed by atoms with van der Waals surface area (Å²) >= 11 is 0. The first-order valence-corrected chi connectivity index (χ1v) is 8.04. The summed E-state index contributed by atoms with van der Waals surface area (Å²) in [5.74, 6) is -0.560. The van der Waals surface area contributed by atoms with Crippen LogP contribution in [0.25, 0.3) is 0 Å². The van der Waals surface area contributed by atoms with Crippen LogP contribution in [0.4, 0.5) is 0 Å². The molecule has 0 bridgehead atoms. The number of carboxylic acids is 1. The first-order chi connectivity index (χ1) is 8.30. The summed E-state index contributed by atoms with van der Waals surface area (Å²) in [5, 5.41) is 12.1. The first-order valence-electron chi connectivity index (χ1n) is 6.22. The van der Waals surface area contributed by atoms with Crippen molar-refractivity contribution >= 4 is 15.8 Å². The zero-order chi connectivity index (χ0) is 13.8. The minimum atomic E-state index is -2.94. The molecule has 106 valence electrons. The van der Waals surface area contributed by atoms with Gasteiger partial charge in [0.1, 0.15) is 6.04 Å².